The number of nitrogens with zero attached hydrogens (tertiary/aromatic N) is 2. The number of anilines is 1. The Morgan fingerprint density at radius 3 is 2.48 bits per heavy atom. The van der Waals surface area contributed by atoms with E-state index >= 15 is 0 Å². The summed E-state index contributed by atoms with van der Waals surface area (Å²) in [7, 11) is -1.88. The average Bonchev–Trinajstić information content (AvgIpc) is 2.69. The maximum atomic E-state index is 13.0. The SMILES string of the molecule is Cc1c([N+](=O)[O-])cccc1S(=O)(=O)Nc1ccccc1CN(C)C1CCCCC1. The lowest BCUT2D eigenvalue weighted by Crippen LogP contribution is -2.33. The highest BCUT2D eigenvalue weighted by Crippen LogP contribution is 2.29. The molecule has 7 nitrogen and oxygen atoms in total. The average molecular weight is 418 g/mol. The summed E-state index contributed by atoms with van der Waals surface area (Å²) in [5.41, 5.74) is 1.30. The molecule has 1 aliphatic carbocycles. The highest BCUT2D eigenvalue weighted by molar-refractivity contribution is 7.92. The molecule has 0 radical (unpaired) electrons. The van der Waals surface area contributed by atoms with Crippen LogP contribution in [0, 0.1) is 17.0 Å². The molecule has 0 spiro atoms. The van der Waals surface area contributed by atoms with Crippen molar-refractivity contribution in [2.45, 2.75) is 56.5 Å². The molecule has 29 heavy (non-hydrogen) atoms. The molecule has 1 N–H and O–H groups in total. The van der Waals surface area contributed by atoms with E-state index in [1.54, 1.807) is 12.1 Å². The van der Waals surface area contributed by atoms with Crippen LogP contribution in [0.4, 0.5) is 11.4 Å². The molecule has 0 aliphatic heterocycles. The fourth-order valence-electron chi connectivity index (χ4n) is 3.97. The molecule has 0 saturated heterocycles. The quantitative estimate of drug-likeness (QED) is 0.530. The maximum Gasteiger partial charge on any atom is 0.273 e. The monoisotopic (exact) mass is 417 g/mol. The highest BCUT2D eigenvalue weighted by Gasteiger charge is 2.24. The Hall–Kier alpha value is -2.45. The van der Waals surface area contributed by atoms with E-state index in [1.807, 2.05) is 12.1 Å². The molecule has 1 fully saturated rings. The zero-order chi connectivity index (χ0) is 21.0. The molecule has 3 rings (SSSR count). The Kier molecular flexibility index (Phi) is 6.54. The van der Waals surface area contributed by atoms with E-state index < -0.39 is 14.9 Å². The second-order valence-electron chi connectivity index (χ2n) is 7.63. The summed E-state index contributed by atoms with van der Waals surface area (Å²) in [6, 6.07) is 11.9. The van der Waals surface area contributed by atoms with Gasteiger partial charge in [0.1, 0.15) is 0 Å². The fourth-order valence-corrected chi connectivity index (χ4v) is 5.33. The van der Waals surface area contributed by atoms with E-state index in [1.165, 1.54) is 44.4 Å². The van der Waals surface area contributed by atoms with Crippen LogP contribution in [0.5, 0.6) is 0 Å². The molecule has 156 valence electrons. The van der Waals surface area contributed by atoms with Crippen LogP contribution in [0.1, 0.15) is 43.2 Å². The van der Waals surface area contributed by atoms with Crippen molar-refractivity contribution in [2.24, 2.45) is 0 Å². The predicted octanol–water partition coefficient (Wildman–Crippen LogP) is 4.47. The summed E-state index contributed by atoms with van der Waals surface area (Å²) >= 11 is 0. The predicted molar refractivity (Wildman–Crippen MR) is 113 cm³/mol. The van der Waals surface area contributed by atoms with Crippen LogP contribution >= 0.6 is 0 Å². The molecule has 0 amide bonds. The first kappa shape index (κ1) is 21.3. The highest BCUT2D eigenvalue weighted by atomic mass is 32.2. The number of nitro groups is 1. The van der Waals surface area contributed by atoms with Crippen LogP contribution in [0.3, 0.4) is 0 Å². The van der Waals surface area contributed by atoms with Crippen molar-refractivity contribution >= 4 is 21.4 Å². The first-order chi connectivity index (χ1) is 13.8. The van der Waals surface area contributed by atoms with Crippen molar-refractivity contribution in [3.8, 4) is 0 Å². The maximum absolute atomic E-state index is 13.0. The summed E-state index contributed by atoms with van der Waals surface area (Å²) in [5.74, 6) is 0. The number of nitro benzene ring substituents is 1. The third kappa shape index (κ3) is 4.94. The first-order valence-electron chi connectivity index (χ1n) is 9.84. The Bertz CT molecular complexity index is 985. The van der Waals surface area contributed by atoms with Crippen molar-refractivity contribution in [3.05, 3.63) is 63.7 Å². The lowest BCUT2D eigenvalue weighted by molar-refractivity contribution is -0.385. The van der Waals surface area contributed by atoms with Crippen molar-refractivity contribution in [3.63, 3.8) is 0 Å². The van der Waals surface area contributed by atoms with E-state index in [9.17, 15) is 18.5 Å². The Morgan fingerprint density at radius 2 is 1.79 bits per heavy atom. The molecule has 2 aromatic rings. The van der Waals surface area contributed by atoms with Gasteiger partial charge in [0.25, 0.3) is 15.7 Å². The van der Waals surface area contributed by atoms with Gasteiger partial charge in [0.2, 0.25) is 0 Å². The van der Waals surface area contributed by atoms with E-state index in [4.69, 9.17) is 0 Å². The molecular formula is C21H27N3O4S. The largest absolute Gasteiger partial charge is 0.299 e. The normalized spacial score (nSPS) is 15.4. The van der Waals surface area contributed by atoms with Crippen molar-refractivity contribution in [2.75, 3.05) is 11.8 Å². The smallest absolute Gasteiger partial charge is 0.273 e. The van der Waals surface area contributed by atoms with Gasteiger partial charge in [-0.1, -0.05) is 43.5 Å². The topological polar surface area (TPSA) is 92.5 Å². The third-order valence-electron chi connectivity index (χ3n) is 5.62. The van der Waals surface area contributed by atoms with Gasteiger partial charge in [0.05, 0.1) is 15.5 Å². The zero-order valence-corrected chi connectivity index (χ0v) is 17.6. The molecule has 0 aromatic heterocycles. The van der Waals surface area contributed by atoms with Gasteiger partial charge in [0, 0.05) is 24.2 Å². The van der Waals surface area contributed by atoms with Crippen LogP contribution in [-0.4, -0.2) is 31.3 Å². The summed E-state index contributed by atoms with van der Waals surface area (Å²) in [6.45, 7) is 2.09. The van der Waals surface area contributed by atoms with E-state index in [0.717, 1.165) is 18.4 Å². The molecule has 1 saturated carbocycles. The first-order valence-corrected chi connectivity index (χ1v) is 11.3. The number of sulfonamides is 1. The van der Waals surface area contributed by atoms with Crippen LogP contribution in [-0.2, 0) is 16.6 Å². The summed E-state index contributed by atoms with van der Waals surface area (Å²) < 4.78 is 28.6. The van der Waals surface area contributed by atoms with Gasteiger partial charge in [-0.15, -0.1) is 0 Å². The molecule has 2 aromatic carbocycles. The minimum atomic E-state index is -3.96. The summed E-state index contributed by atoms with van der Waals surface area (Å²) in [5, 5.41) is 11.2. The summed E-state index contributed by atoms with van der Waals surface area (Å²) in [6.07, 6.45) is 6.07. The van der Waals surface area contributed by atoms with E-state index in [-0.39, 0.29) is 16.1 Å². The van der Waals surface area contributed by atoms with Gasteiger partial charge in [-0.05, 0) is 44.5 Å². The molecule has 0 atom stereocenters. The van der Waals surface area contributed by atoms with Crippen molar-refractivity contribution in [1.82, 2.24) is 4.90 Å². The van der Waals surface area contributed by atoms with Gasteiger partial charge >= 0.3 is 0 Å². The van der Waals surface area contributed by atoms with Gasteiger partial charge in [-0.2, -0.15) is 0 Å². The Balaban J connectivity index is 1.85. The van der Waals surface area contributed by atoms with Gasteiger partial charge in [-0.3, -0.25) is 19.7 Å². The minimum Gasteiger partial charge on any atom is -0.299 e. The van der Waals surface area contributed by atoms with E-state index in [2.05, 4.69) is 16.7 Å². The molecule has 8 heteroatoms. The van der Waals surface area contributed by atoms with Crippen LogP contribution in [0.2, 0.25) is 0 Å². The van der Waals surface area contributed by atoms with Gasteiger partial charge in [-0.25, -0.2) is 8.42 Å². The van der Waals surface area contributed by atoms with Crippen molar-refractivity contribution < 1.29 is 13.3 Å². The zero-order valence-electron chi connectivity index (χ0n) is 16.8. The molecular weight excluding hydrogens is 390 g/mol. The second kappa shape index (κ2) is 8.92. The Morgan fingerprint density at radius 1 is 1.10 bits per heavy atom. The number of hydrogen-bond acceptors (Lipinski definition) is 5. The summed E-state index contributed by atoms with van der Waals surface area (Å²) in [4.78, 5) is 12.8. The van der Waals surface area contributed by atoms with E-state index in [0.29, 0.717) is 18.3 Å². The Labute approximate surface area is 171 Å². The van der Waals surface area contributed by atoms with Crippen molar-refractivity contribution in [1.29, 1.82) is 0 Å². The molecule has 1 aliphatic rings. The molecule has 0 bridgehead atoms. The standard InChI is InChI=1S/C21H27N3O4S/c1-16-20(24(25)26)13-8-14-21(16)29(27,28)22-19-12-7-6-9-17(19)15-23(2)18-10-4-3-5-11-18/h6-9,12-14,18,22H,3-5,10-11,15H2,1-2H3. The third-order valence-corrected chi connectivity index (χ3v) is 7.13. The van der Waals surface area contributed by atoms with Gasteiger partial charge in [0.15, 0.2) is 0 Å². The molecule has 0 unspecified atom stereocenters. The minimum absolute atomic E-state index is 0.0814. The van der Waals surface area contributed by atoms with Crippen LogP contribution in [0.15, 0.2) is 47.4 Å². The lowest BCUT2D eigenvalue weighted by Gasteiger charge is -2.31. The number of para-hydroxylation sites is 1. The second-order valence-corrected chi connectivity index (χ2v) is 9.28. The lowest BCUT2D eigenvalue weighted by atomic mass is 9.94. The number of benzene rings is 2. The number of nitrogens with one attached hydrogen (secondary N) is 1. The van der Waals surface area contributed by atoms with Crippen LogP contribution in [0.25, 0.3) is 0 Å². The number of rotatable bonds is 7. The van der Waals surface area contributed by atoms with Crippen LogP contribution < -0.4 is 4.72 Å². The van der Waals surface area contributed by atoms with Gasteiger partial charge < -0.3 is 0 Å². The fraction of sp³-hybridized carbons (Fsp3) is 0.429. The number of hydrogen-bond donors (Lipinski definition) is 1. The molecule has 0 heterocycles.